The first kappa shape index (κ1) is 13.0. The topological polar surface area (TPSA) is 46.2 Å². The summed E-state index contributed by atoms with van der Waals surface area (Å²) in [6.07, 6.45) is 3.07. The standard InChI is InChI=1S/C8H17NO2S2/c1-3-4-9-5-6-12-7-8-13(2,10)11/h3,9H,1,4-8H2,2H3. The van der Waals surface area contributed by atoms with Crippen LogP contribution in [-0.2, 0) is 9.84 Å². The normalized spacial score (nSPS) is 11.5. The van der Waals surface area contributed by atoms with Crippen molar-refractivity contribution in [3.8, 4) is 0 Å². The van der Waals surface area contributed by atoms with Gasteiger partial charge in [0.2, 0.25) is 0 Å². The molecule has 13 heavy (non-hydrogen) atoms. The molecule has 0 fully saturated rings. The molecule has 5 heteroatoms. The van der Waals surface area contributed by atoms with Gasteiger partial charge in [0.1, 0.15) is 9.84 Å². The van der Waals surface area contributed by atoms with E-state index in [9.17, 15) is 8.42 Å². The van der Waals surface area contributed by atoms with Gasteiger partial charge in [-0.3, -0.25) is 0 Å². The van der Waals surface area contributed by atoms with E-state index in [0.29, 0.717) is 5.75 Å². The van der Waals surface area contributed by atoms with Crippen molar-refractivity contribution in [1.29, 1.82) is 0 Å². The molecule has 1 N–H and O–H groups in total. The minimum atomic E-state index is -2.78. The first-order valence-corrected chi connectivity index (χ1v) is 7.35. The number of sulfone groups is 1. The number of hydrogen-bond donors (Lipinski definition) is 1. The number of nitrogens with one attached hydrogen (secondary N) is 1. The Labute approximate surface area is 84.9 Å². The van der Waals surface area contributed by atoms with Crippen molar-refractivity contribution in [3.05, 3.63) is 12.7 Å². The Morgan fingerprint density at radius 1 is 1.46 bits per heavy atom. The number of hydrogen-bond acceptors (Lipinski definition) is 4. The molecule has 0 aliphatic rings. The summed E-state index contributed by atoms with van der Waals surface area (Å²) in [6, 6.07) is 0. The van der Waals surface area contributed by atoms with Gasteiger partial charge in [0.15, 0.2) is 0 Å². The molecular formula is C8H17NO2S2. The highest BCUT2D eigenvalue weighted by Gasteiger charge is 2.00. The second-order valence-corrected chi connectivity index (χ2v) is 6.22. The van der Waals surface area contributed by atoms with Crippen molar-refractivity contribution in [2.45, 2.75) is 0 Å². The van der Waals surface area contributed by atoms with E-state index in [1.54, 1.807) is 17.8 Å². The SMILES string of the molecule is C=CCNCCSCCS(C)(=O)=O. The van der Waals surface area contributed by atoms with Crippen LogP contribution in [0.3, 0.4) is 0 Å². The highest BCUT2D eigenvalue weighted by Crippen LogP contribution is 1.99. The molecule has 0 bridgehead atoms. The third kappa shape index (κ3) is 12.0. The minimum Gasteiger partial charge on any atom is -0.312 e. The Bertz CT molecular complexity index is 224. The molecule has 0 unspecified atom stereocenters. The lowest BCUT2D eigenvalue weighted by atomic mass is 10.6. The van der Waals surface area contributed by atoms with Crippen LogP contribution in [0.2, 0.25) is 0 Å². The lowest BCUT2D eigenvalue weighted by Gasteiger charge is -2.01. The van der Waals surface area contributed by atoms with E-state index in [0.717, 1.165) is 18.8 Å². The van der Waals surface area contributed by atoms with Crippen molar-refractivity contribution in [3.63, 3.8) is 0 Å². The molecular weight excluding hydrogens is 206 g/mol. The largest absolute Gasteiger partial charge is 0.312 e. The summed E-state index contributed by atoms with van der Waals surface area (Å²) in [7, 11) is -2.78. The molecule has 0 aliphatic heterocycles. The molecule has 78 valence electrons. The smallest absolute Gasteiger partial charge is 0.148 e. The fourth-order valence-corrected chi connectivity index (χ4v) is 2.84. The van der Waals surface area contributed by atoms with Gasteiger partial charge in [-0.15, -0.1) is 6.58 Å². The summed E-state index contributed by atoms with van der Waals surface area (Å²) in [4.78, 5) is 0. The van der Waals surface area contributed by atoms with Gasteiger partial charge >= 0.3 is 0 Å². The van der Waals surface area contributed by atoms with E-state index < -0.39 is 9.84 Å². The van der Waals surface area contributed by atoms with Gasteiger partial charge in [0.05, 0.1) is 5.75 Å². The van der Waals surface area contributed by atoms with E-state index in [-0.39, 0.29) is 5.75 Å². The molecule has 0 aliphatic carbocycles. The maximum Gasteiger partial charge on any atom is 0.148 e. The fraction of sp³-hybridized carbons (Fsp3) is 0.750. The number of rotatable bonds is 8. The lowest BCUT2D eigenvalue weighted by molar-refractivity contribution is 0.603. The van der Waals surface area contributed by atoms with Crippen molar-refractivity contribution in [1.82, 2.24) is 5.32 Å². The summed E-state index contributed by atoms with van der Waals surface area (Å²) in [5.74, 6) is 1.91. The van der Waals surface area contributed by atoms with Crippen molar-refractivity contribution >= 4 is 21.6 Å². The van der Waals surface area contributed by atoms with E-state index >= 15 is 0 Å². The fourth-order valence-electron chi connectivity index (χ4n) is 0.661. The zero-order valence-corrected chi connectivity index (χ0v) is 9.59. The van der Waals surface area contributed by atoms with E-state index in [1.807, 2.05) is 0 Å². The van der Waals surface area contributed by atoms with Gasteiger partial charge in [-0.25, -0.2) is 8.42 Å². The van der Waals surface area contributed by atoms with Crippen LogP contribution >= 0.6 is 11.8 Å². The molecule has 0 aromatic rings. The van der Waals surface area contributed by atoms with Gasteiger partial charge in [0.25, 0.3) is 0 Å². The molecule has 0 saturated heterocycles. The van der Waals surface area contributed by atoms with Crippen LogP contribution in [0.15, 0.2) is 12.7 Å². The Morgan fingerprint density at radius 2 is 2.15 bits per heavy atom. The van der Waals surface area contributed by atoms with Crippen molar-refractivity contribution in [2.24, 2.45) is 0 Å². The summed E-state index contributed by atoms with van der Waals surface area (Å²) in [5.41, 5.74) is 0. The van der Waals surface area contributed by atoms with Crippen LogP contribution in [0.5, 0.6) is 0 Å². The molecule has 0 amide bonds. The number of thioether (sulfide) groups is 1. The van der Waals surface area contributed by atoms with Crippen LogP contribution in [0.1, 0.15) is 0 Å². The molecule has 0 atom stereocenters. The van der Waals surface area contributed by atoms with Crippen molar-refractivity contribution in [2.75, 3.05) is 36.6 Å². The van der Waals surface area contributed by atoms with Crippen LogP contribution in [0.4, 0.5) is 0 Å². The Kier molecular flexibility index (Phi) is 7.41. The predicted octanol–water partition coefficient (Wildman–Crippen LogP) is 0.540. The molecule has 0 heterocycles. The monoisotopic (exact) mass is 223 g/mol. The third-order valence-corrected chi connectivity index (χ3v) is 3.50. The van der Waals surface area contributed by atoms with Gasteiger partial charge in [0, 0.05) is 30.9 Å². The molecule has 0 aromatic carbocycles. The quantitative estimate of drug-likeness (QED) is 0.482. The van der Waals surface area contributed by atoms with E-state index in [1.165, 1.54) is 6.26 Å². The maximum atomic E-state index is 10.7. The van der Waals surface area contributed by atoms with Gasteiger partial charge in [-0.1, -0.05) is 6.08 Å². The first-order chi connectivity index (χ1) is 6.06. The van der Waals surface area contributed by atoms with Crippen LogP contribution in [-0.4, -0.2) is 45.0 Å². The summed E-state index contributed by atoms with van der Waals surface area (Å²) in [6.45, 7) is 5.29. The highest BCUT2D eigenvalue weighted by molar-refractivity contribution is 8.00. The first-order valence-electron chi connectivity index (χ1n) is 4.13. The van der Waals surface area contributed by atoms with E-state index in [4.69, 9.17) is 0 Å². The van der Waals surface area contributed by atoms with Gasteiger partial charge in [-0.2, -0.15) is 11.8 Å². The molecule has 0 rings (SSSR count). The molecule has 0 saturated carbocycles. The average molecular weight is 223 g/mol. The third-order valence-electron chi connectivity index (χ3n) is 1.31. The zero-order chi connectivity index (χ0) is 10.2. The summed E-state index contributed by atoms with van der Waals surface area (Å²) >= 11 is 1.65. The van der Waals surface area contributed by atoms with Gasteiger partial charge in [-0.05, 0) is 0 Å². The maximum absolute atomic E-state index is 10.7. The Morgan fingerprint density at radius 3 is 2.69 bits per heavy atom. The second kappa shape index (κ2) is 7.41. The average Bonchev–Trinajstić information content (AvgIpc) is 2.01. The molecule has 0 aromatic heterocycles. The van der Waals surface area contributed by atoms with Crippen LogP contribution in [0, 0.1) is 0 Å². The highest BCUT2D eigenvalue weighted by atomic mass is 32.2. The van der Waals surface area contributed by atoms with Crippen molar-refractivity contribution < 1.29 is 8.42 Å². The Hall–Kier alpha value is -0.0000000000000000555. The molecule has 0 spiro atoms. The van der Waals surface area contributed by atoms with Crippen LogP contribution < -0.4 is 5.32 Å². The van der Waals surface area contributed by atoms with Gasteiger partial charge < -0.3 is 5.32 Å². The molecule has 0 radical (unpaired) electrons. The Balaban J connectivity index is 3.13. The predicted molar refractivity (Wildman–Crippen MR) is 60.1 cm³/mol. The molecule has 3 nitrogen and oxygen atoms in total. The van der Waals surface area contributed by atoms with Crippen LogP contribution in [0.25, 0.3) is 0 Å². The van der Waals surface area contributed by atoms with E-state index in [2.05, 4.69) is 11.9 Å². The zero-order valence-electron chi connectivity index (χ0n) is 7.95. The second-order valence-electron chi connectivity index (χ2n) is 2.74. The summed E-state index contributed by atoms with van der Waals surface area (Å²) in [5, 5.41) is 3.14. The minimum absolute atomic E-state index is 0.277. The lowest BCUT2D eigenvalue weighted by Crippen LogP contribution is -2.17. The summed E-state index contributed by atoms with van der Waals surface area (Å²) < 4.78 is 21.4.